The van der Waals surface area contributed by atoms with Gasteiger partial charge in [-0.05, 0) is 49.9 Å². The maximum atomic E-state index is 12.8. The van der Waals surface area contributed by atoms with Crippen LogP contribution in [0.15, 0.2) is 48.5 Å². The van der Waals surface area contributed by atoms with Crippen molar-refractivity contribution in [2.24, 2.45) is 5.92 Å². The van der Waals surface area contributed by atoms with Crippen molar-refractivity contribution >= 4 is 23.4 Å². The number of hydrogen-bond donors (Lipinski definition) is 0. The van der Waals surface area contributed by atoms with Crippen LogP contribution in [0.5, 0.6) is 10.9 Å². The SMILES string of the molecule is CCOC(=O)C1CCCN(C(=O)Cc2ccc(Oc3nc(Cc4ccc(C)cc4)ns3)cc2)C1. The fourth-order valence-electron chi connectivity index (χ4n) is 3.96. The number of rotatable bonds is 8. The summed E-state index contributed by atoms with van der Waals surface area (Å²) in [6, 6.07) is 15.8. The zero-order valence-corrected chi connectivity index (χ0v) is 20.3. The van der Waals surface area contributed by atoms with Crippen molar-refractivity contribution in [2.75, 3.05) is 19.7 Å². The summed E-state index contributed by atoms with van der Waals surface area (Å²) >= 11 is 1.22. The van der Waals surface area contributed by atoms with Gasteiger partial charge in [0.1, 0.15) is 5.75 Å². The zero-order chi connectivity index (χ0) is 23.9. The minimum absolute atomic E-state index is 0.0209. The van der Waals surface area contributed by atoms with E-state index in [4.69, 9.17) is 9.47 Å². The fourth-order valence-corrected chi connectivity index (χ4v) is 4.53. The number of ether oxygens (including phenoxy) is 2. The van der Waals surface area contributed by atoms with E-state index in [9.17, 15) is 9.59 Å². The van der Waals surface area contributed by atoms with E-state index in [-0.39, 0.29) is 24.2 Å². The lowest BCUT2D eigenvalue weighted by Gasteiger charge is -2.31. The number of nitrogens with zero attached hydrogens (tertiary/aromatic N) is 3. The Labute approximate surface area is 203 Å². The number of esters is 1. The van der Waals surface area contributed by atoms with Gasteiger partial charge < -0.3 is 14.4 Å². The molecule has 1 aliphatic rings. The van der Waals surface area contributed by atoms with Crippen LogP contribution >= 0.6 is 11.5 Å². The van der Waals surface area contributed by atoms with E-state index in [0.717, 1.165) is 29.8 Å². The van der Waals surface area contributed by atoms with Crippen LogP contribution in [-0.4, -0.2) is 45.8 Å². The number of amides is 1. The van der Waals surface area contributed by atoms with E-state index in [1.54, 1.807) is 11.8 Å². The van der Waals surface area contributed by atoms with Gasteiger partial charge in [-0.1, -0.05) is 42.0 Å². The van der Waals surface area contributed by atoms with Gasteiger partial charge in [-0.2, -0.15) is 9.36 Å². The van der Waals surface area contributed by atoms with Crippen molar-refractivity contribution in [3.8, 4) is 10.9 Å². The summed E-state index contributed by atoms with van der Waals surface area (Å²) in [5.41, 5.74) is 3.28. The Balaban J connectivity index is 1.29. The topological polar surface area (TPSA) is 81.6 Å². The Morgan fingerprint density at radius 2 is 1.82 bits per heavy atom. The molecule has 0 N–H and O–H groups in total. The molecule has 34 heavy (non-hydrogen) atoms. The molecule has 1 fully saturated rings. The number of aryl methyl sites for hydroxylation is 1. The second kappa shape index (κ2) is 11.2. The van der Waals surface area contributed by atoms with Gasteiger partial charge in [0, 0.05) is 31.0 Å². The van der Waals surface area contributed by atoms with Gasteiger partial charge in [-0.15, -0.1) is 0 Å². The molecule has 1 aromatic heterocycles. The molecule has 1 saturated heterocycles. The van der Waals surface area contributed by atoms with Crippen LogP contribution < -0.4 is 4.74 Å². The molecule has 0 bridgehead atoms. The van der Waals surface area contributed by atoms with Crippen LogP contribution in [0.4, 0.5) is 0 Å². The van der Waals surface area contributed by atoms with Gasteiger partial charge in [-0.25, -0.2) is 0 Å². The molecule has 0 spiro atoms. The van der Waals surface area contributed by atoms with Crippen molar-refractivity contribution in [3.63, 3.8) is 0 Å². The molecule has 0 radical (unpaired) electrons. The Hall–Kier alpha value is -3.26. The highest BCUT2D eigenvalue weighted by atomic mass is 32.1. The molecule has 0 saturated carbocycles. The first kappa shape index (κ1) is 23.9. The van der Waals surface area contributed by atoms with Crippen molar-refractivity contribution < 1.29 is 19.1 Å². The monoisotopic (exact) mass is 479 g/mol. The van der Waals surface area contributed by atoms with Crippen molar-refractivity contribution in [2.45, 2.75) is 39.5 Å². The summed E-state index contributed by atoms with van der Waals surface area (Å²) < 4.78 is 15.4. The van der Waals surface area contributed by atoms with Gasteiger partial charge in [0.2, 0.25) is 5.91 Å². The standard InChI is InChI=1S/C26H29N3O4S/c1-3-32-25(31)21-5-4-14-29(17-21)24(30)16-20-10-12-22(13-11-20)33-26-27-23(28-34-26)15-19-8-6-18(2)7-9-19/h6-13,21H,3-5,14-17H2,1-2H3. The van der Waals surface area contributed by atoms with E-state index >= 15 is 0 Å². The summed E-state index contributed by atoms with van der Waals surface area (Å²) in [5, 5.41) is 0.490. The second-order valence-electron chi connectivity index (χ2n) is 8.49. The van der Waals surface area contributed by atoms with E-state index in [1.807, 2.05) is 24.3 Å². The van der Waals surface area contributed by atoms with Gasteiger partial charge in [-0.3, -0.25) is 9.59 Å². The summed E-state index contributed by atoms with van der Waals surface area (Å²) in [6.07, 6.45) is 2.53. The normalized spacial score (nSPS) is 15.7. The maximum Gasteiger partial charge on any atom is 0.310 e. The van der Waals surface area contributed by atoms with Crippen LogP contribution in [0.2, 0.25) is 0 Å². The van der Waals surface area contributed by atoms with Crippen molar-refractivity contribution in [1.29, 1.82) is 0 Å². The Morgan fingerprint density at radius 1 is 1.09 bits per heavy atom. The van der Waals surface area contributed by atoms with Gasteiger partial charge >= 0.3 is 5.97 Å². The molecule has 1 atom stereocenters. The molecule has 1 aliphatic heterocycles. The first-order valence-electron chi connectivity index (χ1n) is 11.6. The largest absolute Gasteiger partial charge is 0.466 e. The molecular formula is C26H29N3O4S. The van der Waals surface area contributed by atoms with E-state index in [0.29, 0.717) is 37.1 Å². The van der Waals surface area contributed by atoms with Crippen LogP contribution in [0, 0.1) is 12.8 Å². The average molecular weight is 480 g/mol. The van der Waals surface area contributed by atoms with Gasteiger partial charge in [0.15, 0.2) is 5.82 Å². The molecule has 2 heterocycles. The quantitative estimate of drug-likeness (QED) is 0.440. The van der Waals surface area contributed by atoms with Gasteiger partial charge in [0.05, 0.1) is 18.9 Å². The number of carbonyl (C=O) groups excluding carboxylic acids is 2. The minimum Gasteiger partial charge on any atom is -0.466 e. The highest BCUT2D eigenvalue weighted by Gasteiger charge is 2.29. The fraction of sp³-hybridized carbons (Fsp3) is 0.385. The summed E-state index contributed by atoms with van der Waals surface area (Å²) in [4.78, 5) is 31.0. The first-order chi connectivity index (χ1) is 16.5. The van der Waals surface area contributed by atoms with Crippen LogP contribution in [0.1, 0.15) is 42.3 Å². The Morgan fingerprint density at radius 3 is 2.56 bits per heavy atom. The number of hydrogen-bond acceptors (Lipinski definition) is 7. The maximum absolute atomic E-state index is 12.8. The molecule has 4 rings (SSSR count). The molecule has 2 aromatic carbocycles. The molecule has 7 nitrogen and oxygen atoms in total. The molecule has 1 unspecified atom stereocenters. The van der Waals surface area contributed by atoms with E-state index in [1.165, 1.54) is 17.1 Å². The summed E-state index contributed by atoms with van der Waals surface area (Å²) in [6.45, 7) is 5.33. The summed E-state index contributed by atoms with van der Waals surface area (Å²) in [5.74, 6) is 0.965. The number of benzene rings is 2. The molecule has 3 aromatic rings. The van der Waals surface area contributed by atoms with Crippen LogP contribution in [0.3, 0.4) is 0 Å². The van der Waals surface area contributed by atoms with Crippen molar-refractivity contribution in [3.05, 3.63) is 71.0 Å². The highest BCUT2D eigenvalue weighted by molar-refractivity contribution is 7.07. The number of carbonyl (C=O) groups is 2. The number of likely N-dealkylation sites (tertiary alicyclic amines) is 1. The first-order valence-corrected chi connectivity index (χ1v) is 12.4. The third kappa shape index (κ3) is 6.41. The average Bonchev–Trinajstić information content (AvgIpc) is 3.28. The van der Waals surface area contributed by atoms with Gasteiger partial charge in [0.25, 0.3) is 5.19 Å². The molecule has 8 heteroatoms. The van der Waals surface area contributed by atoms with E-state index < -0.39 is 0 Å². The molecular weight excluding hydrogens is 450 g/mol. The zero-order valence-electron chi connectivity index (χ0n) is 19.5. The second-order valence-corrected chi connectivity index (χ2v) is 9.21. The molecule has 178 valence electrons. The van der Waals surface area contributed by atoms with E-state index in [2.05, 4.69) is 40.5 Å². The highest BCUT2D eigenvalue weighted by Crippen LogP contribution is 2.25. The lowest BCUT2D eigenvalue weighted by atomic mass is 9.97. The smallest absolute Gasteiger partial charge is 0.310 e. The minimum atomic E-state index is -0.226. The summed E-state index contributed by atoms with van der Waals surface area (Å²) in [7, 11) is 0. The lowest BCUT2D eigenvalue weighted by molar-refractivity contribution is -0.151. The lowest BCUT2D eigenvalue weighted by Crippen LogP contribution is -2.43. The Kier molecular flexibility index (Phi) is 7.90. The molecule has 0 aliphatic carbocycles. The third-order valence-corrected chi connectivity index (χ3v) is 6.44. The third-order valence-electron chi connectivity index (χ3n) is 5.81. The number of aromatic nitrogens is 2. The predicted octanol–water partition coefficient (Wildman–Crippen LogP) is 4.57. The van der Waals surface area contributed by atoms with Crippen LogP contribution in [-0.2, 0) is 27.2 Å². The predicted molar refractivity (Wildman–Crippen MR) is 130 cm³/mol. The Bertz CT molecular complexity index is 1110. The van der Waals surface area contributed by atoms with Crippen molar-refractivity contribution in [1.82, 2.24) is 14.3 Å². The van der Waals surface area contributed by atoms with Crippen LogP contribution in [0.25, 0.3) is 0 Å². The molecule has 1 amide bonds. The number of piperidine rings is 1.